The second kappa shape index (κ2) is 10.1. The fourth-order valence-corrected chi connectivity index (χ4v) is 2.77. The van der Waals surface area contributed by atoms with E-state index < -0.39 is 0 Å². The van der Waals surface area contributed by atoms with Crippen LogP contribution in [0, 0.1) is 0 Å². The van der Waals surface area contributed by atoms with Crippen LogP contribution in [-0.4, -0.2) is 31.7 Å². The van der Waals surface area contributed by atoms with E-state index in [2.05, 4.69) is 24.1 Å². The molecule has 2 rings (SSSR count). The molecular weight excluding hydrogens is 309 g/mol. The van der Waals surface area contributed by atoms with E-state index in [1.807, 2.05) is 19.9 Å². The Morgan fingerprint density at radius 3 is 2.33 bits per heavy atom. The van der Waals surface area contributed by atoms with E-state index in [0.717, 1.165) is 11.5 Å². The summed E-state index contributed by atoms with van der Waals surface area (Å²) in [7, 11) is 2.21. The molecule has 0 aliphatic carbocycles. The zero-order valence-corrected chi connectivity index (χ0v) is 14.8. The van der Waals surface area contributed by atoms with E-state index >= 15 is 0 Å². The largest absolute Gasteiger partial charge is 0.490 e. The molecule has 1 unspecified atom stereocenters. The highest BCUT2D eigenvalue weighted by Gasteiger charge is 2.21. The molecule has 0 saturated carbocycles. The minimum absolute atomic E-state index is 0. The molecule has 1 saturated heterocycles. The fraction of sp³-hybridized carbons (Fsp3) is 0.625. The molecule has 1 aliphatic heterocycles. The number of likely N-dealkylation sites (tertiary alicyclic amines) is 1. The maximum atomic E-state index is 5.71. The maximum absolute atomic E-state index is 5.71. The standard InChI is InChI=1S/C16H25NO2.2ClH/c1-4-18-15-10-9-13(12-16(15)19-5-2)14-8-6-7-11-17(14)3;;/h9-10,12,14H,4-8,11H2,1-3H3;2*1H. The number of hydrogen-bond donors (Lipinski definition) is 0. The molecule has 1 aromatic carbocycles. The maximum Gasteiger partial charge on any atom is 0.161 e. The van der Waals surface area contributed by atoms with E-state index in [-0.39, 0.29) is 24.8 Å². The monoisotopic (exact) mass is 335 g/mol. The fourth-order valence-electron chi connectivity index (χ4n) is 2.77. The molecule has 5 heteroatoms. The van der Waals surface area contributed by atoms with Gasteiger partial charge in [0.1, 0.15) is 0 Å². The number of ether oxygens (including phenoxy) is 2. The lowest BCUT2D eigenvalue weighted by atomic mass is 9.95. The van der Waals surface area contributed by atoms with E-state index in [9.17, 15) is 0 Å². The van der Waals surface area contributed by atoms with Gasteiger partial charge >= 0.3 is 0 Å². The molecule has 0 bridgehead atoms. The van der Waals surface area contributed by atoms with Crippen LogP contribution in [0.15, 0.2) is 18.2 Å². The number of rotatable bonds is 5. The molecule has 0 spiro atoms. The molecular formula is C16H27Cl2NO2. The van der Waals surface area contributed by atoms with Crippen LogP contribution in [0.5, 0.6) is 11.5 Å². The topological polar surface area (TPSA) is 21.7 Å². The number of benzene rings is 1. The highest BCUT2D eigenvalue weighted by Crippen LogP contribution is 2.35. The molecule has 0 N–H and O–H groups in total. The summed E-state index contributed by atoms with van der Waals surface area (Å²) < 4.78 is 11.3. The number of hydrogen-bond acceptors (Lipinski definition) is 3. The predicted octanol–water partition coefficient (Wildman–Crippen LogP) is 4.48. The van der Waals surface area contributed by atoms with Crippen molar-refractivity contribution in [3.05, 3.63) is 23.8 Å². The highest BCUT2D eigenvalue weighted by molar-refractivity contribution is 5.85. The van der Waals surface area contributed by atoms with E-state index in [1.165, 1.54) is 31.4 Å². The Bertz CT molecular complexity index is 415. The third-order valence-corrected chi connectivity index (χ3v) is 3.72. The quantitative estimate of drug-likeness (QED) is 0.791. The zero-order chi connectivity index (χ0) is 13.7. The SMILES string of the molecule is CCOc1ccc(C2CCCCN2C)cc1OCC.Cl.Cl. The lowest BCUT2D eigenvalue weighted by Gasteiger charge is -2.33. The third-order valence-electron chi connectivity index (χ3n) is 3.72. The summed E-state index contributed by atoms with van der Waals surface area (Å²) in [6, 6.07) is 6.90. The molecule has 1 aromatic rings. The van der Waals surface area contributed by atoms with Gasteiger partial charge in [-0.3, -0.25) is 4.90 Å². The van der Waals surface area contributed by atoms with Gasteiger partial charge in [-0.05, 0) is 58.0 Å². The summed E-state index contributed by atoms with van der Waals surface area (Å²) in [5.41, 5.74) is 1.34. The van der Waals surface area contributed by atoms with E-state index in [0.29, 0.717) is 19.3 Å². The lowest BCUT2D eigenvalue weighted by Crippen LogP contribution is -2.29. The Morgan fingerprint density at radius 1 is 1.05 bits per heavy atom. The van der Waals surface area contributed by atoms with Crippen molar-refractivity contribution in [2.24, 2.45) is 0 Å². The number of nitrogens with zero attached hydrogens (tertiary/aromatic N) is 1. The van der Waals surface area contributed by atoms with Crippen molar-refractivity contribution < 1.29 is 9.47 Å². The molecule has 3 nitrogen and oxygen atoms in total. The van der Waals surface area contributed by atoms with Crippen molar-refractivity contribution in [1.82, 2.24) is 4.90 Å². The molecule has 0 aromatic heterocycles. The van der Waals surface area contributed by atoms with Crippen LogP contribution in [0.4, 0.5) is 0 Å². The first-order valence-electron chi connectivity index (χ1n) is 7.36. The van der Waals surface area contributed by atoms with Crippen molar-refractivity contribution in [2.75, 3.05) is 26.8 Å². The molecule has 1 fully saturated rings. The minimum Gasteiger partial charge on any atom is -0.490 e. The molecule has 1 aliphatic rings. The molecule has 0 amide bonds. The Morgan fingerprint density at radius 2 is 1.71 bits per heavy atom. The van der Waals surface area contributed by atoms with Gasteiger partial charge in [-0.1, -0.05) is 12.5 Å². The summed E-state index contributed by atoms with van der Waals surface area (Å²) in [5.74, 6) is 1.73. The summed E-state index contributed by atoms with van der Waals surface area (Å²) >= 11 is 0. The van der Waals surface area contributed by atoms with E-state index in [1.54, 1.807) is 0 Å². The molecule has 122 valence electrons. The van der Waals surface area contributed by atoms with Gasteiger partial charge in [0, 0.05) is 6.04 Å². The zero-order valence-electron chi connectivity index (χ0n) is 13.1. The average Bonchev–Trinajstić information content (AvgIpc) is 2.42. The lowest BCUT2D eigenvalue weighted by molar-refractivity contribution is 0.186. The summed E-state index contributed by atoms with van der Waals surface area (Å²) in [6.07, 6.45) is 3.85. The average molecular weight is 336 g/mol. The molecule has 21 heavy (non-hydrogen) atoms. The summed E-state index contributed by atoms with van der Waals surface area (Å²) in [4.78, 5) is 2.44. The smallest absolute Gasteiger partial charge is 0.161 e. The van der Waals surface area contributed by atoms with Crippen LogP contribution in [-0.2, 0) is 0 Å². The van der Waals surface area contributed by atoms with Gasteiger partial charge in [0.05, 0.1) is 13.2 Å². The van der Waals surface area contributed by atoms with Crippen molar-refractivity contribution in [3.8, 4) is 11.5 Å². The second-order valence-corrected chi connectivity index (χ2v) is 5.06. The van der Waals surface area contributed by atoms with Crippen molar-refractivity contribution in [1.29, 1.82) is 0 Å². The molecule has 0 radical (unpaired) electrons. The summed E-state index contributed by atoms with van der Waals surface area (Å²) in [5, 5.41) is 0. The number of halogens is 2. The first-order chi connectivity index (χ1) is 9.26. The Kier molecular flexibility index (Phi) is 9.84. The van der Waals surface area contributed by atoms with Gasteiger partial charge in [-0.2, -0.15) is 0 Å². The van der Waals surface area contributed by atoms with Gasteiger partial charge < -0.3 is 9.47 Å². The van der Waals surface area contributed by atoms with Gasteiger partial charge in [-0.25, -0.2) is 0 Å². The van der Waals surface area contributed by atoms with Crippen LogP contribution >= 0.6 is 24.8 Å². The van der Waals surface area contributed by atoms with Gasteiger partial charge in [-0.15, -0.1) is 24.8 Å². The minimum atomic E-state index is 0. The predicted molar refractivity (Wildman–Crippen MR) is 92.5 cm³/mol. The molecule has 1 heterocycles. The normalized spacial score (nSPS) is 18.3. The highest BCUT2D eigenvalue weighted by atomic mass is 35.5. The first kappa shape index (κ1) is 20.4. The Balaban J connectivity index is 0.00000200. The van der Waals surface area contributed by atoms with Gasteiger partial charge in [0.2, 0.25) is 0 Å². The van der Waals surface area contributed by atoms with Crippen molar-refractivity contribution in [3.63, 3.8) is 0 Å². The molecule has 1 atom stereocenters. The van der Waals surface area contributed by atoms with Crippen LogP contribution in [0.2, 0.25) is 0 Å². The first-order valence-corrected chi connectivity index (χ1v) is 7.36. The third kappa shape index (κ3) is 5.24. The Hall–Kier alpha value is -0.640. The van der Waals surface area contributed by atoms with E-state index in [4.69, 9.17) is 9.47 Å². The van der Waals surface area contributed by atoms with Gasteiger partial charge in [0.15, 0.2) is 11.5 Å². The van der Waals surface area contributed by atoms with Crippen LogP contribution in [0.3, 0.4) is 0 Å². The van der Waals surface area contributed by atoms with Crippen LogP contribution in [0.1, 0.15) is 44.7 Å². The Labute approximate surface area is 140 Å². The van der Waals surface area contributed by atoms with Crippen LogP contribution in [0.25, 0.3) is 0 Å². The van der Waals surface area contributed by atoms with Crippen molar-refractivity contribution >= 4 is 24.8 Å². The summed E-state index contributed by atoms with van der Waals surface area (Å²) in [6.45, 7) is 6.53. The second-order valence-electron chi connectivity index (χ2n) is 5.06. The van der Waals surface area contributed by atoms with Gasteiger partial charge in [0.25, 0.3) is 0 Å². The van der Waals surface area contributed by atoms with Crippen LogP contribution < -0.4 is 9.47 Å². The number of piperidine rings is 1. The van der Waals surface area contributed by atoms with Crippen molar-refractivity contribution in [2.45, 2.75) is 39.2 Å².